The molecule has 1 aliphatic carbocycles. The van der Waals surface area contributed by atoms with Gasteiger partial charge < -0.3 is 29.6 Å². The van der Waals surface area contributed by atoms with Gasteiger partial charge in [-0.3, -0.25) is 25.0 Å². The summed E-state index contributed by atoms with van der Waals surface area (Å²) in [6.07, 6.45) is -0.345. The van der Waals surface area contributed by atoms with Crippen LogP contribution < -0.4 is 25.4 Å². The number of amides is 2. The van der Waals surface area contributed by atoms with E-state index in [1.165, 1.54) is 24.0 Å². The van der Waals surface area contributed by atoms with Crippen molar-refractivity contribution in [1.82, 2.24) is 16.0 Å². The Morgan fingerprint density at radius 1 is 0.847 bits per heavy atom. The monoisotopic (exact) mass is 852 g/mol. The number of esters is 1. The van der Waals surface area contributed by atoms with Crippen molar-refractivity contribution in [2.24, 2.45) is 5.41 Å². The van der Waals surface area contributed by atoms with Crippen LogP contribution in [-0.2, 0) is 19.1 Å². The average molecular weight is 853 g/mol. The quantitative estimate of drug-likeness (QED) is 0.0345. The number of nitrogens with zero attached hydrogens (tertiary/aromatic N) is 1. The number of ether oxygens (including phenoxy) is 4. The molecule has 0 saturated carbocycles. The topological polar surface area (TPSA) is 167 Å². The molecule has 1 aliphatic rings. The Labute approximate surface area is 356 Å². The van der Waals surface area contributed by atoms with Crippen LogP contribution in [0, 0.1) is 15.5 Å². The minimum absolute atomic E-state index is 0.0605. The first-order valence-electron chi connectivity index (χ1n) is 19.7. The summed E-state index contributed by atoms with van der Waals surface area (Å²) in [5, 5.41) is 21.3. The van der Waals surface area contributed by atoms with Gasteiger partial charge in [0, 0.05) is 47.4 Å². The molecule has 0 saturated heterocycles. The first-order chi connectivity index (χ1) is 27.5. The summed E-state index contributed by atoms with van der Waals surface area (Å²) >= 11 is 0. The zero-order chi connectivity index (χ0) is 43.8. The molecule has 4 rings (SSSR count). The number of methoxy groups -OCH3 is 1. The van der Waals surface area contributed by atoms with Gasteiger partial charge in [-0.15, -0.1) is 0 Å². The van der Waals surface area contributed by atoms with E-state index in [1.54, 1.807) is 65.3 Å². The second-order valence-corrected chi connectivity index (χ2v) is 20.9. The minimum Gasteiger partial charge on any atom is -0.493 e. The zero-order valence-corrected chi connectivity index (χ0v) is 37.7. The Balaban J connectivity index is 1.36. The van der Waals surface area contributed by atoms with E-state index in [-0.39, 0.29) is 66.4 Å². The first-order valence-corrected chi connectivity index (χ1v) is 22.0. The molecule has 15 heteroatoms. The number of hydrogen-bond donors (Lipinski definition) is 3. The summed E-state index contributed by atoms with van der Waals surface area (Å²) < 4.78 is 23.1. The van der Waals surface area contributed by atoms with E-state index in [2.05, 4.69) is 61.0 Å². The van der Waals surface area contributed by atoms with Crippen molar-refractivity contribution >= 4 is 45.2 Å². The molecule has 1 unspecified atom stereocenters. The van der Waals surface area contributed by atoms with E-state index in [0.29, 0.717) is 11.3 Å². The van der Waals surface area contributed by atoms with E-state index in [9.17, 15) is 24.5 Å². The summed E-state index contributed by atoms with van der Waals surface area (Å²) in [4.78, 5) is 50.8. The molecular weight excluding hydrogens is 793 g/mol. The molecule has 3 aromatic rings. The lowest BCUT2D eigenvalue weighted by Crippen LogP contribution is -2.45. The maximum atomic E-state index is 13.4. The summed E-state index contributed by atoms with van der Waals surface area (Å²) in [5.41, 5.74) is 2.03. The molecule has 0 radical (unpaired) electrons. The highest BCUT2D eigenvalue weighted by Crippen LogP contribution is 2.45. The molecule has 2 amide bonds. The van der Waals surface area contributed by atoms with Crippen molar-refractivity contribution < 1.29 is 38.3 Å². The number of hydrogen-bond acceptors (Lipinski definition) is 12. The lowest BCUT2D eigenvalue weighted by Gasteiger charge is -2.35. The molecule has 59 heavy (non-hydrogen) atoms. The smallest absolute Gasteiger partial charge is 0.407 e. The van der Waals surface area contributed by atoms with Crippen LogP contribution in [0.3, 0.4) is 0 Å². The first kappa shape index (κ1) is 47.2. The highest BCUT2D eigenvalue weighted by atomic mass is 33.1. The van der Waals surface area contributed by atoms with E-state index in [1.807, 2.05) is 24.3 Å². The third kappa shape index (κ3) is 13.8. The van der Waals surface area contributed by atoms with Gasteiger partial charge in [0.25, 0.3) is 5.69 Å². The predicted molar refractivity (Wildman–Crippen MR) is 235 cm³/mol. The van der Waals surface area contributed by atoms with Gasteiger partial charge in [-0.2, -0.15) is 0 Å². The van der Waals surface area contributed by atoms with Crippen LogP contribution in [0.25, 0.3) is 11.1 Å². The fourth-order valence-electron chi connectivity index (χ4n) is 7.07. The Bertz CT molecular complexity index is 1930. The van der Waals surface area contributed by atoms with E-state index in [0.717, 1.165) is 22.3 Å². The van der Waals surface area contributed by atoms with Gasteiger partial charge in [-0.05, 0) is 62.9 Å². The van der Waals surface area contributed by atoms with E-state index >= 15 is 0 Å². The van der Waals surface area contributed by atoms with Gasteiger partial charge in [0.1, 0.15) is 17.8 Å². The van der Waals surface area contributed by atoms with Crippen LogP contribution in [0.5, 0.6) is 11.5 Å². The standard InChI is InChI=1S/C44H60N4O9S2/c1-41(2,3)57-38(49)24-47-34(26-58-59-42(4,5)6)32-22-36(54-11)37(23-35(32)48(52)53)56-44(9,10)27-43(7,8)39(50)45-20-21-46-40(51)55-25-33-30-18-14-12-16-28(30)29-17-13-15-19-31(29)33/h12-19,22-23,33-34,47H,20-21,24-27H2,1-11H3,(H,45,50)(H,46,51). The SMILES string of the molecule is COc1cc(C(CSSC(C)(C)C)NCC(=O)OC(C)(C)C)c([N+](=O)[O-])cc1OC(C)(C)CC(C)(C)C(=O)NCCNC(=O)OCC1c2ccccc2-c2ccccc21. The molecule has 0 bridgehead atoms. The van der Waals surface area contributed by atoms with Crippen molar-refractivity contribution in [2.75, 3.05) is 39.1 Å². The number of benzene rings is 3. The lowest BCUT2D eigenvalue weighted by atomic mass is 9.80. The highest BCUT2D eigenvalue weighted by Gasteiger charge is 2.38. The van der Waals surface area contributed by atoms with Crippen molar-refractivity contribution in [2.45, 2.75) is 104 Å². The molecular formula is C44H60N4O9S2. The van der Waals surface area contributed by atoms with Crippen LogP contribution in [0.15, 0.2) is 60.7 Å². The average Bonchev–Trinajstić information content (AvgIpc) is 3.45. The number of carbonyl (C=O) groups excluding carboxylic acids is 3. The number of carbonyl (C=O) groups is 3. The number of alkyl carbamates (subject to hydrolysis) is 1. The van der Waals surface area contributed by atoms with E-state index < -0.39 is 39.6 Å². The van der Waals surface area contributed by atoms with Gasteiger partial charge in [0.05, 0.1) is 30.2 Å². The van der Waals surface area contributed by atoms with Crippen LogP contribution in [0.1, 0.15) is 104 Å². The maximum absolute atomic E-state index is 13.4. The van der Waals surface area contributed by atoms with Gasteiger partial charge in [0.15, 0.2) is 11.5 Å². The maximum Gasteiger partial charge on any atom is 0.407 e. The van der Waals surface area contributed by atoms with Crippen LogP contribution >= 0.6 is 21.6 Å². The molecule has 0 fully saturated rings. The van der Waals surface area contributed by atoms with Crippen molar-refractivity contribution in [3.8, 4) is 22.6 Å². The Morgan fingerprint density at radius 3 is 2.00 bits per heavy atom. The molecule has 1 atom stereocenters. The third-order valence-electron chi connectivity index (χ3n) is 9.23. The van der Waals surface area contributed by atoms with Crippen molar-refractivity contribution in [3.63, 3.8) is 0 Å². The Hall–Kier alpha value is -4.47. The molecule has 3 N–H and O–H groups in total. The molecule has 322 valence electrons. The van der Waals surface area contributed by atoms with Gasteiger partial charge in [0.2, 0.25) is 5.91 Å². The largest absolute Gasteiger partial charge is 0.493 e. The minimum atomic E-state index is -0.989. The number of fused-ring (bicyclic) bond motifs is 3. The molecule has 3 aromatic carbocycles. The Morgan fingerprint density at radius 2 is 1.44 bits per heavy atom. The predicted octanol–water partition coefficient (Wildman–Crippen LogP) is 8.98. The van der Waals surface area contributed by atoms with Gasteiger partial charge >= 0.3 is 12.1 Å². The number of nitro benzene ring substituents is 1. The number of nitro groups is 1. The number of rotatable bonds is 19. The summed E-state index contributed by atoms with van der Waals surface area (Å²) in [6.45, 7) is 19.1. The second-order valence-electron chi connectivity index (χ2n) is 17.7. The lowest BCUT2D eigenvalue weighted by molar-refractivity contribution is -0.385. The van der Waals surface area contributed by atoms with Gasteiger partial charge in [-0.25, -0.2) is 4.79 Å². The van der Waals surface area contributed by atoms with Gasteiger partial charge in [-0.1, -0.05) is 105 Å². The highest BCUT2D eigenvalue weighted by molar-refractivity contribution is 8.77. The Kier molecular flexibility index (Phi) is 15.8. The fraction of sp³-hybridized carbons (Fsp3) is 0.523. The van der Waals surface area contributed by atoms with Crippen molar-refractivity contribution in [3.05, 3.63) is 87.5 Å². The van der Waals surface area contributed by atoms with Crippen LogP contribution in [0.4, 0.5) is 10.5 Å². The summed E-state index contributed by atoms with van der Waals surface area (Å²) in [7, 11) is 4.62. The number of nitrogens with one attached hydrogen (secondary N) is 3. The molecule has 0 aliphatic heterocycles. The fourth-order valence-corrected chi connectivity index (χ4v) is 9.60. The molecule has 0 spiro atoms. The summed E-state index contributed by atoms with van der Waals surface area (Å²) in [5.74, 6) is 0.00368. The zero-order valence-electron chi connectivity index (χ0n) is 36.1. The van der Waals surface area contributed by atoms with Crippen LogP contribution in [0.2, 0.25) is 0 Å². The summed E-state index contributed by atoms with van der Waals surface area (Å²) in [6, 6.07) is 18.5. The molecule has 13 nitrogen and oxygen atoms in total. The molecule has 0 heterocycles. The molecule has 0 aromatic heterocycles. The second kappa shape index (κ2) is 19.7. The van der Waals surface area contributed by atoms with E-state index in [4.69, 9.17) is 18.9 Å². The third-order valence-corrected chi connectivity index (χ3v) is 12.6. The van der Waals surface area contributed by atoms with Crippen LogP contribution in [-0.4, -0.2) is 77.9 Å². The van der Waals surface area contributed by atoms with Crippen molar-refractivity contribution in [1.29, 1.82) is 0 Å². The normalized spacial score (nSPS) is 13.5.